The van der Waals surface area contributed by atoms with E-state index in [-0.39, 0.29) is 0 Å². The summed E-state index contributed by atoms with van der Waals surface area (Å²) < 4.78 is 5.47. The number of likely N-dealkylation sites (N-methyl/N-ethyl adjacent to an activating group) is 1. The number of halogens is 1. The van der Waals surface area contributed by atoms with Gasteiger partial charge in [-0.25, -0.2) is 0 Å². The summed E-state index contributed by atoms with van der Waals surface area (Å²) in [5.74, 6) is 0.598. The molecule has 5 nitrogen and oxygen atoms in total. The van der Waals surface area contributed by atoms with Crippen molar-refractivity contribution in [3.63, 3.8) is 0 Å². The van der Waals surface area contributed by atoms with Crippen LogP contribution in [0.5, 0.6) is 5.75 Å². The smallest absolute Gasteiger partial charge is 0.137 e. The SMILES string of the molecule is CN(C)CCOc1ccc(N=[N+]=[N-])cc1Cl. The zero-order valence-electron chi connectivity index (χ0n) is 9.22. The highest BCUT2D eigenvalue weighted by Crippen LogP contribution is 2.28. The molecule has 1 rings (SSSR count). The molecule has 16 heavy (non-hydrogen) atoms. The maximum absolute atomic E-state index is 8.26. The summed E-state index contributed by atoms with van der Waals surface area (Å²) in [6, 6.07) is 4.94. The van der Waals surface area contributed by atoms with E-state index in [4.69, 9.17) is 21.9 Å². The molecule has 0 N–H and O–H groups in total. The fraction of sp³-hybridized carbons (Fsp3) is 0.400. The minimum Gasteiger partial charge on any atom is -0.491 e. The van der Waals surface area contributed by atoms with E-state index in [0.29, 0.717) is 23.1 Å². The molecule has 1 aromatic carbocycles. The van der Waals surface area contributed by atoms with E-state index in [0.717, 1.165) is 6.54 Å². The summed E-state index contributed by atoms with van der Waals surface area (Å²) in [5.41, 5.74) is 8.74. The summed E-state index contributed by atoms with van der Waals surface area (Å²) >= 11 is 5.96. The molecule has 0 fully saturated rings. The van der Waals surface area contributed by atoms with Crippen molar-refractivity contribution in [1.29, 1.82) is 0 Å². The van der Waals surface area contributed by atoms with Gasteiger partial charge in [0.05, 0.1) is 5.02 Å². The van der Waals surface area contributed by atoms with E-state index >= 15 is 0 Å². The fourth-order valence-electron chi connectivity index (χ4n) is 1.06. The van der Waals surface area contributed by atoms with Crippen LogP contribution in [0.3, 0.4) is 0 Å². The van der Waals surface area contributed by atoms with Crippen LogP contribution >= 0.6 is 11.6 Å². The third-order valence-electron chi connectivity index (χ3n) is 1.87. The Bertz CT molecular complexity index is 402. The first-order valence-corrected chi connectivity index (χ1v) is 5.13. The van der Waals surface area contributed by atoms with Crippen molar-refractivity contribution in [1.82, 2.24) is 4.90 Å². The minimum absolute atomic E-state index is 0.448. The maximum Gasteiger partial charge on any atom is 0.137 e. The summed E-state index contributed by atoms with van der Waals surface area (Å²) in [6.45, 7) is 1.38. The zero-order valence-corrected chi connectivity index (χ0v) is 9.98. The summed E-state index contributed by atoms with van der Waals surface area (Å²) in [4.78, 5) is 4.70. The van der Waals surface area contributed by atoms with Gasteiger partial charge in [0.15, 0.2) is 0 Å². The van der Waals surface area contributed by atoms with Gasteiger partial charge < -0.3 is 9.64 Å². The number of benzene rings is 1. The van der Waals surface area contributed by atoms with E-state index in [1.54, 1.807) is 18.2 Å². The van der Waals surface area contributed by atoms with Gasteiger partial charge in [-0.1, -0.05) is 16.7 Å². The molecule has 0 saturated carbocycles. The summed E-state index contributed by atoms with van der Waals surface area (Å²) in [5, 5.41) is 3.90. The van der Waals surface area contributed by atoms with Crippen LogP contribution in [-0.2, 0) is 0 Å². The average Bonchev–Trinajstić information content (AvgIpc) is 2.21. The van der Waals surface area contributed by atoms with Crippen LogP contribution in [0.4, 0.5) is 5.69 Å². The molecule has 86 valence electrons. The van der Waals surface area contributed by atoms with Crippen LogP contribution in [0.2, 0.25) is 5.02 Å². The second kappa shape index (κ2) is 6.23. The molecule has 0 unspecified atom stereocenters. The van der Waals surface area contributed by atoms with Crippen LogP contribution in [-0.4, -0.2) is 32.1 Å². The molecular weight excluding hydrogens is 228 g/mol. The molecule has 0 aliphatic rings. The van der Waals surface area contributed by atoms with Gasteiger partial charge in [0, 0.05) is 17.1 Å². The number of hydrogen-bond donors (Lipinski definition) is 0. The van der Waals surface area contributed by atoms with Crippen molar-refractivity contribution < 1.29 is 4.74 Å². The Morgan fingerprint density at radius 2 is 2.25 bits per heavy atom. The van der Waals surface area contributed by atoms with E-state index in [2.05, 4.69) is 10.0 Å². The van der Waals surface area contributed by atoms with Gasteiger partial charge in [-0.05, 0) is 37.8 Å². The maximum atomic E-state index is 8.26. The number of nitrogens with zero attached hydrogens (tertiary/aromatic N) is 4. The molecule has 0 heterocycles. The lowest BCUT2D eigenvalue weighted by atomic mass is 10.3. The Kier molecular flexibility index (Phi) is 4.92. The van der Waals surface area contributed by atoms with Crippen LogP contribution in [0.1, 0.15) is 0 Å². The third-order valence-corrected chi connectivity index (χ3v) is 2.17. The highest BCUT2D eigenvalue weighted by atomic mass is 35.5. The molecular formula is C10H13ClN4O. The van der Waals surface area contributed by atoms with Crippen LogP contribution in [0.15, 0.2) is 23.3 Å². The predicted molar refractivity (Wildman–Crippen MR) is 64.3 cm³/mol. The van der Waals surface area contributed by atoms with E-state index in [1.807, 2.05) is 19.0 Å². The summed E-state index contributed by atoms with van der Waals surface area (Å²) in [6.07, 6.45) is 0. The van der Waals surface area contributed by atoms with Gasteiger partial charge >= 0.3 is 0 Å². The topological polar surface area (TPSA) is 61.2 Å². The second-order valence-corrected chi connectivity index (χ2v) is 3.86. The standard InChI is InChI=1S/C10H13ClN4O/c1-15(2)5-6-16-10-4-3-8(13-14-12)7-9(10)11/h3-4,7H,5-6H2,1-2H3. The van der Waals surface area contributed by atoms with E-state index in [1.165, 1.54) is 0 Å². The lowest BCUT2D eigenvalue weighted by Crippen LogP contribution is -2.19. The van der Waals surface area contributed by atoms with Gasteiger partial charge in [0.25, 0.3) is 0 Å². The number of ether oxygens (including phenoxy) is 1. The normalized spacial score (nSPS) is 10.0. The van der Waals surface area contributed by atoms with Gasteiger partial charge in [-0.3, -0.25) is 0 Å². The van der Waals surface area contributed by atoms with Gasteiger partial charge in [0.2, 0.25) is 0 Å². The monoisotopic (exact) mass is 240 g/mol. The highest BCUT2D eigenvalue weighted by Gasteiger charge is 2.02. The molecule has 0 spiro atoms. The lowest BCUT2D eigenvalue weighted by molar-refractivity contribution is 0.261. The average molecular weight is 241 g/mol. The van der Waals surface area contributed by atoms with Gasteiger partial charge in [-0.15, -0.1) is 0 Å². The number of azide groups is 1. The van der Waals surface area contributed by atoms with Crippen molar-refractivity contribution in [2.75, 3.05) is 27.2 Å². The number of rotatable bonds is 5. The minimum atomic E-state index is 0.448. The highest BCUT2D eigenvalue weighted by molar-refractivity contribution is 6.32. The third kappa shape index (κ3) is 3.98. The van der Waals surface area contributed by atoms with Crippen molar-refractivity contribution in [2.45, 2.75) is 0 Å². The van der Waals surface area contributed by atoms with Gasteiger partial charge in [-0.2, -0.15) is 0 Å². The molecule has 0 saturated heterocycles. The zero-order chi connectivity index (χ0) is 12.0. The Balaban J connectivity index is 2.64. The Morgan fingerprint density at radius 1 is 1.50 bits per heavy atom. The van der Waals surface area contributed by atoms with Crippen molar-refractivity contribution in [3.8, 4) is 5.75 Å². The predicted octanol–water partition coefficient (Wildman–Crippen LogP) is 3.22. The first kappa shape index (κ1) is 12.6. The molecule has 0 aliphatic heterocycles. The molecule has 6 heteroatoms. The van der Waals surface area contributed by atoms with E-state index in [9.17, 15) is 0 Å². The first-order valence-electron chi connectivity index (χ1n) is 4.75. The van der Waals surface area contributed by atoms with Crippen LogP contribution in [0, 0.1) is 0 Å². The lowest BCUT2D eigenvalue weighted by Gasteiger charge is -2.12. The molecule has 0 amide bonds. The van der Waals surface area contributed by atoms with Crippen LogP contribution < -0.4 is 4.74 Å². The number of hydrogen-bond acceptors (Lipinski definition) is 3. The molecule has 0 aromatic heterocycles. The Hall–Kier alpha value is -1.42. The molecule has 0 radical (unpaired) electrons. The summed E-state index contributed by atoms with van der Waals surface area (Å²) in [7, 11) is 3.94. The van der Waals surface area contributed by atoms with Crippen LogP contribution in [0.25, 0.3) is 10.4 Å². The Labute approximate surface area is 99.2 Å². The molecule has 0 aliphatic carbocycles. The van der Waals surface area contributed by atoms with Crippen molar-refractivity contribution in [2.24, 2.45) is 5.11 Å². The van der Waals surface area contributed by atoms with Crippen molar-refractivity contribution in [3.05, 3.63) is 33.7 Å². The largest absolute Gasteiger partial charge is 0.491 e. The van der Waals surface area contributed by atoms with E-state index < -0.39 is 0 Å². The second-order valence-electron chi connectivity index (χ2n) is 3.46. The van der Waals surface area contributed by atoms with Crippen molar-refractivity contribution >= 4 is 17.3 Å². The first-order chi connectivity index (χ1) is 7.63. The van der Waals surface area contributed by atoms with Gasteiger partial charge in [0.1, 0.15) is 12.4 Å². The quantitative estimate of drug-likeness (QED) is 0.451. The molecule has 0 bridgehead atoms. The molecule has 0 atom stereocenters. The molecule has 1 aromatic rings. The fourth-order valence-corrected chi connectivity index (χ4v) is 1.29. The Morgan fingerprint density at radius 3 is 2.81 bits per heavy atom.